The first-order valence-corrected chi connectivity index (χ1v) is 11.7. The molecule has 178 valence electrons. The molecule has 0 radical (unpaired) electrons. The molecule has 7 heteroatoms. The van der Waals surface area contributed by atoms with Gasteiger partial charge in [-0.3, -0.25) is 9.36 Å². The monoisotopic (exact) mass is 477 g/mol. The van der Waals surface area contributed by atoms with Crippen molar-refractivity contribution < 1.29 is 14.3 Å². The number of nitriles is 1. The first kappa shape index (κ1) is 22.9. The minimum absolute atomic E-state index is 0.204. The van der Waals surface area contributed by atoms with Crippen molar-refractivity contribution in [1.29, 1.82) is 5.26 Å². The number of rotatable bonds is 7. The SMILES string of the molecule is CCC(=O)n1c(=O)n(CCOc2ccccc2Oc2cccc3cc(C#N)ccc23)c2ccccc21. The summed E-state index contributed by atoms with van der Waals surface area (Å²) in [7, 11) is 0. The Kier molecular flexibility index (Phi) is 6.25. The Morgan fingerprint density at radius 3 is 2.39 bits per heavy atom. The molecule has 0 aliphatic heterocycles. The fourth-order valence-corrected chi connectivity index (χ4v) is 4.26. The number of carbonyl (C=O) groups is 1. The number of imidazole rings is 1. The standard InChI is InChI=1S/C29H23N3O4/c1-2-28(33)32-24-10-4-3-9-23(24)31(29(32)34)16-17-35-26-11-5-6-12-27(26)36-25-13-7-8-21-18-20(19-30)14-15-22(21)25/h3-15,18H,2,16-17H2,1H3. The van der Waals surface area contributed by atoms with E-state index >= 15 is 0 Å². The maximum Gasteiger partial charge on any atom is 0.336 e. The summed E-state index contributed by atoms with van der Waals surface area (Å²) >= 11 is 0. The van der Waals surface area contributed by atoms with Crippen LogP contribution in [0, 0.1) is 11.3 Å². The fourth-order valence-electron chi connectivity index (χ4n) is 4.26. The molecule has 0 unspecified atom stereocenters. The second-order valence-electron chi connectivity index (χ2n) is 8.21. The van der Waals surface area contributed by atoms with Gasteiger partial charge in [-0.2, -0.15) is 5.26 Å². The van der Waals surface area contributed by atoms with E-state index in [-0.39, 0.29) is 31.2 Å². The summed E-state index contributed by atoms with van der Waals surface area (Å²) in [5.41, 5.74) is 1.49. The summed E-state index contributed by atoms with van der Waals surface area (Å²) in [5.74, 6) is 1.46. The van der Waals surface area contributed by atoms with Crippen LogP contribution in [0.4, 0.5) is 0 Å². The van der Waals surface area contributed by atoms with Crippen LogP contribution in [-0.4, -0.2) is 21.6 Å². The minimum Gasteiger partial charge on any atom is -0.488 e. The van der Waals surface area contributed by atoms with Crippen LogP contribution in [-0.2, 0) is 6.54 Å². The maximum absolute atomic E-state index is 13.0. The van der Waals surface area contributed by atoms with Crippen molar-refractivity contribution in [1.82, 2.24) is 9.13 Å². The molecule has 0 aliphatic carbocycles. The number of fused-ring (bicyclic) bond motifs is 2. The average molecular weight is 478 g/mol. The Labute approximate surface area is 207 Å². The van der Waals surface area contributed by atoms with Gasteiger partial charge in [0.1, 0.15) is 12.4 Å². The van der Waals surface area contributed by atoms with Crippen LogP contribution >= 0.6 is 0 Å². The number of hydrogen-bond donors (Lipinski definition) is 0. The topological polar surface area (TPSA) is 86.2 Å². The van der Waals surface area contributed by atoms with E-state index in [1.54, 1.807) is 29.7 Å². The molecule has 0 saturated carbocycles. The van der Waals surface area contributed by atoms with Gasteiger partial charge in [-0.25, -0.2) is 9.36 Å². The van der Waals surface area contributed by atoms with Gasteiger partial charge in [0, 0.05) is 11.8 Å². The van der Waals surface area contributed by atoms with E-state index < -0.39 is 0 Å². The molecule has 0 fully saturated rings. The number of carbonyl (C=O) groups excluding carboxylic acids is 1. The molecule has 7 nitrogen and oxygen atoms in total. The van der Waals surface area contributed by atoms with E-state index in [1.807, 2.05) is 66.7 Å². The van der Waals surface area contributed by atoms with Gasteiger partial charge in [-0.15, -0.1) is 0 Å². The summed E-state index contributed by atoms with van der Waals surface area (Å²) in [6, 6.07) is 27.9. The van der Waals surface area contributed by atoms with Gasteiger partial charge < -0.3 is 9.47 Å². The van der Waals surface area contributed by atoms with Crippen LogP contribution in [0.15, 0.2) is 89.7 Å². The van der Waals surface area contributed by atoms with Crippen LogP contribution < -0.4 is 15.2 Å². The first-order valence-electron chi connectivity index (χ1n) is 11.7. The Balaban J connectivity index is 1.39. The number of nitrogens with zero attached hydrogens (tertiary/aromatic N) is 3. The van der Waals surface area contributed by atoms with E-state index in [0.29, 0.717) is 33.8 Å². The molecule has 0 N–H and O–H groups in total. The van der Waals surface area contributed by atoms with Crippen molar-refractivity contribution in [2.24, 2.45) is 0 Å². The van der Waals surface area contributed by atoms with Gasteiger partial charge >= 0.3 is 5.69 Å². The van der Waals surface area contributed by atoms with Gasteiger partial charge in [0.05, 0.1) is 29.2 Å². The minimum atomic E-state index is -0.372. The Bertz CT molecular complexity index is 1690. The Hall–Kier alpha value is -4.83. The summed E-state index contributed by atoms with van der Waals surface area (Å²) in [5, 5.41) is 11.0. The zero-order valence-electron chi connectivity index (χ0n) is 19.7. The van der Waals surface area contributed by atoms with Crippen LogP contribution in [0.1, 0.15) is 23.7 Å². The lowest BCUT2D eigenvalue weighted by atomic mass is 10.1. The highest BCUT2D eigenvalue weighted by atomic mass is 16.5. The largest absolute Gasteiger partial charge is 0.488 e. The number of hydrogen-bond acceptors (Lipinski definition) is 5. The summed E-state index contributed by atoms with van der Waals surface area (Å²) in [6.07, 6.45) is 0.237. The third-order valence-electron chi connectivity index (χ3n) is 6.00. The van der Waals surface area contributed by atoms with Gasteiger partial charge in [-0.05, 0) is 53.9 Å². The van der Waals surface area contributed by atoms with E-state index in [9.17, 15) is 14.9 Å². The molecule has 5 rings (SSSR count). The van der Waals surface area contributed by atoms with Crippen molar-refractivity contribution in [2.75, 3.05) is 6.61 Å². The van der Waals surface area contributed by atoms with Crippen LogP contribution in [0.2, 0.25) is 0 Å². The molecular formula is C29H23N3O4. The second-order valence-corrected chi connectivity index (χ2v) is 8.21. The molecule has 4 aromatic carbocycles. The molecule has 36 heavy (non-hydrogen) atoms. The summed E-state index contributed by atoms with van der Waals surface area (Å²) < 4.78 is 15.0. The first-order chi connectivity index (χ1) is 17.6. The predicted molar refractivity (Wildman–Crippen MR) is 138 cm³/mol. The third kappa shape index (κ3) is 4.21. The van der Waals surface area contributed by atoms with Crippen molar-refractivity contribution in [2.45, 2.75) is 19.9 Å². The highest BCUT2D eigenvalue weighted by molar-refractivity contribution is 5.90. The fraction of sp³-hybridized carbons (Fsp3) is 0.138. The Morgan fingerprint density at radius 1 is 0.889 bits per heavy atom. The van der Waals surface area contributed by atoms with E-state index in [4.69, 9.17) is 9.47 Å². The Morgan fingerprint density at radius 2 is 1.61 bits per heavy atom. The van der Waals surface area contributed by atoms with Crippen molar-refractivity contribution >= 4 is 27.7 Å². The molecule has 5 aromatic rings. The lowest BCUT2D eigenvalue weighted by Gasteiger charge is -2.14. The van der Waals surface area contributed by atoms with Crippen LogP contribution in [0.5, 0.6) is 17.2 Å². The average Bonchev–Trinajstić information content (AvgIpc) is 3.20. The lowest BCUT2D eigenvalue weighted by Crippen LogP contribution is -2.29. The maximum atomic E-state index is 13.0. The van der Waals surface area contributed by atoms with Crippen molar-refractivity contribution in [3.05, 3.63) is 101 Å². The molecule has 0 atom stereocenters. The van der Waals surface area contributed by atoms with Crippen LogP contribution in [0.25, 0.3) is 21.8 Å². The summed E-state index contributed by atoms with van der Waals surface area (Å²) in [6.45, 7) is 2.21. The third-order valence-corrected chi connectivity index (χ3v) is 6.00. The smallest absolute Gasteiger partial charge is 0.336 e. The van der Waals surface area contributed by atoms with E-state index in [2.05, 4.69) is 6.07 Å². The van der Waals surface area contributed by atoms with Gasteiger partial charge in [0.25, 0.3) is 0 Å². The second kappa shape index (κ2) is 9.80. The highest BCUT2D eigenvalue weighted by Gasteiger charge is 2.17. The molecule has 0 aliphatic rings. The molecule has 0 saturated heterocycles. The molecular weight excluding hydrogens is 454 g/mol. The van der Waals surface area contributed by atoms with Crippen molar-refractivity contribution in [3.8, 4) is 23.3 Å². The molecule has 0 amide bonds. The zero-order chi connectivity index (χ0) is 25.1. The molecule has 0 bridgehead atoms. The lowest BCUT2D eigenvalue weighted by molar-refractivity contribution is 0.0908. The van der Waals surface area contributed by atoms with E-state index in [0.717, 1.165) is 10.8 Å². The number of para-hydroxylation sites is 4. The number of ether oxygens (including phenoxy) is 2. The highest BCUT2D eigenvalue weighted by Crippen LogP contribution is 2.35. The quantitative estimate of drug-likeness (QED) is 0.298. The molecule has 1 aromatic heterocycles. The number of aromatic nitrogens is 2. The van der Waals surface area contributed by atoms with Gasteiger partial charge in [0.15, 0.2) is 11.5 Å². The molecule has 0 spiro atoms. The van der Waals surface area contributed by atoms with Gasteiger partial charge in [0.2, 0.25) is 5.91 Å². The van der Waals surface area contributed by atoms with Crippen LogP contribution in [0.3, 0.4) is 0 Å². The molecule has 1 heterocycles. The zero-order valence-corrected chi connectivity index (χ0v) is 19.7. The predicted octanol–water partition coefficient (Wildman–Crippen LogP) is 5.75. The normalized spacial score (nSPS) is 10.9. The summed E-state index contributed by atoms with van der Waals surface area (Å²) in [4.78, 5) is 25.4. The number of benzene rings is 4. The van der Waals surface area contributed by atoms with Crippen molar-refractivity contribution in [3.63, 3.8) is 0 Å². The van der Waals surface area contributed by atoms with E-state index in [1.165, 1.54) is 4.57 Å². The van der Waals surface area contributed by atoms with Gasteiger partial charge in [-0.1, -0.05) is 43.3 Å².